The Hall–Kier alpha value is -1.79. The van der Waals surface area contributed by atoms with E-state index in [-0.39, 0.29) is 11.9 Å². The van der Waals surface area contributed by atoms with E-state index in [4.69, 9.17) is 11.6 Å². The predicted octanol–water partition coefficient (Wildman–Crippen LogP) is 2.59. The molecule has 0 spiro atoms. The van der Waals surface area contributed by atoms with E-state index in [9.17, 15) is 14.7 Å². The molecule has 0 radical (unpaired) electrons. The fourth-order valence-electron chi connectivity index (χ4n) is 5.04. The van der Waals surface area contributed by atoms with Gasteiger partial charge in [0.1, 0.15) is 0 Å². The van der Waals surface area contributed by atoms with Crippen LogP contribution in [0.3, 0.4) is 0 Å². The zero-order valence-electron chi connectivity index (χ0n) is 15.4. The maximum Gasteiger partial charge on any atom is 0.317 e. The van der Waals surface area contributed by atoms with Crippen LogP contribution in [0.2, 0.25) is 5.02 Å². The molecule has 2 aliphatic heterocycles. The molecule has 1 saturated heterocycles. The summed E-state index contributed by atoms with van der Waals surface area (Å²) in [5, 5.41) is 13.5. The van der Waals surface area contributed by atoms with Gasteiger partial charge in [0.2, 0.25) is 0 Å². The van der Waals surface area contributed by atoms with Gasteiger partial charge in [-0.1, -0.05) is 30.2 Å². The van der Waals surface area contributed by atoms with Crippen LogP contribution in [0.25, 0.3) is 0 Å². The molecule has 1 aliphatic carbocycles. The minimum Gasteiger partial charge on any atom is -0.481 e. The largest absolute Gasteiger partial charge is 0.481 e. The SMILES string of the molecule is O=C(NCCN1CCc2c(Cl)cccc2C1)N1C[C@@H]2CCC[C@@]2(C(=O)O)C1. The third-order valence-electron chi connectivity index (χ3n) is 6.58. The van der Waals surface area contributed by atoms with Crippen LogP contribution < -0.4 is 5.32 Å². The first-order valence-electron chi connectivity index (χ1n) is 9.74. The summed E-state index contributed by atoms with van der Waals surface area (Å²) in [6.07, 6.45) is 3.48. The highest BCUT2D eigenvalue weighted by Crippen LogP contribution is 2.48. The van der Waals surface area contributed by atoms with Crippen LogP contribution in [0.4, 0.5) is 4.79 Å². The van der Waals surface area contributed by atoms with Crippen molar-refractivity contribution < 1.29 is 14.7 Å². The lowest BCUT2D eigenvalue weighted by molar-refractivity contribution is -0.149. The number of amides is 2. The van der Waals surface area contributed by atoms with Gasteiger partial charge in [0.25, 0.3) is 0 Å². The number of benzene rings is 1. The number of likely N-dealkylation sites (tertiary alicyclic amines) is 1. The van der Waals surface area contributed by atoms with E-state index in [1.165, 1.54) is 11.1 Å². The molecule has 4 rings (SSSR count). The lowest BCUT2D eigenvalue weighted by atomic mass is 9.81. The second-order valence-electron chi connectivity index (χ2n) is 8.07. The fraction of sp³-hybridized carbons (Fsp3) is 0.600. The van der Waals surface area contributed by atoms with E-state index >= 15 is 0 Å². The maximum absolute atomic E-state index is 12.5. The van der Waals surface area contributed by atoms with Gasteiger partial charge < -0.3 is 15.3 Å². The molecule has 146 valence electrons. The molecule has 0 aromatic heterocycles. The Balaban J connectivity index is 1.27. The van der Waals surface area contributed by atoms with E-state index < -0.39 is 11.4 Å². The van der Waals surface area contributed by atoms with Crippen LogP contribution in [0.15, 0.2) is 18.2 Å². The molecule has 2 atom stereocenters. The van der Waals surface area contributed by atoms with Gasteiger partial charge in [-0.3, -0.25) is 9.69 Å². The zero-order valence-corrected chi connectivity index (χ0v) is 16.2. The molecule has 7 heteroatoms. The van der Waals surface area contributed by atoms with Gasteiger partial charge in [0, 0.05) is 44.3 Å². The fourth-order valence-corrected chi connectivity index (χ4v) is 5.33. The van der Waals surface area contributed by atoms with Gasteiger partial charge >= 0.3 is 12.0 Å². The molecule has 0 bridgehead atoms. The number of rotatable bonds is 4. The third kappa shape index (κ3) is 3.41. The molecule has 27 heavy (non-hydrogen) atoms. The summed E-state index contributed by atoms with van der Waals surface area (Å²) in [6, 6.07) is 5.89. The average molecular weight is 392 g/mol. The monoisotopic (exact) mass is 391 g/mol. The molecule has 2 N–H and O–H groups in total. The summed E-state index contributed by atoms with van der Waals surface area (Å²) in [6.45, 7) is 4.03. The van der Waals surface area contributed by atoms with Gasteiger partial charge in [-0.05, 0) is 42.4 Å². The highest BCUT2D eigenvalue weighted by atomic mass is 35.5. The van der Waals surface area contributed by atoms with Crippen molar-refractivity contribution in [3.63, 3.8) is 0 Å². The number of halogens is 1. The Labute approximate surface area is 164 Å². The normalized spacial score (nSPS) is 27.3. The number of fused-ring (bicyclic) bond motifs is 2. The van der Waals surface area contributed by atoms with Crippen molar-refractivity contribution in [2.24, 2.45) is 11.3 Å². The first-order chi connectivity index (χ1) is 13.0. The van der Waals surface area contributed by atoms with E-state index in [1.54, 1.807) is 4.90 Å². The first-order valence-corrected chi connectivity index (χ1v) is 10.1. The smallest absolute Gasteiger partial charge is 0.317 e. The number of carbonyl (C=O) groups is 2. The number of nitrogens with zero attached hydrogens (tertiary/aromatic N) is 2. The highest BCUT2D eigenvalue weighted by Gasteiger charge is 2.55. The second kappa shape index (κ2) is 7.32. The van der Waals surface area contributed by atoms with Gasteiger partial charge in [0.05, 0.1) is 5.41 Å². The number of urea groups is 1. The Kier molecular flexibility index (Phi) is 5.03. The van der Waals surface area contributed by atoms with Crippen LogP contribution >= 0.6 is 11.6 Å². The summed E-state index contributed by atoms with van der Waals surface area (Å²) in [7, 11) is 0. The molecule has 0 unspecified atom stereocenters. The summed E-state index contributed by atoms with van der Waals surface area (Å²) in [5.41, 5.74) is 1.78. The Morgan fingerprint density at radius 3 is 3.00 bits per heavy atom. The minimum absolute atomic E-state index is 0.101. The minimum atomic E-state index is -0.744. The van der Waals surface area contributed by atoms with Gasteiger partial charge in [-0.25, -0.2) is 4.79 Å². The van der Waals surface area contributed by atoms with Crippen molar-refractivity contribution in [2.45, 2.75) is 32.2 Å². The lowest BCUT2D eigenvalue weighted by Gasteiger charge is -2.29. The summed E-state index contributed by atoms with van der Waals surface area (Å²) in [5.74, 6) is -0.643. The summed E-state index contributed by atoms with van der Waals surface area (Å²) < 4.78 is 0. The van der Waals surface area contributed by atoms with E-state index in [2.05, 4.69) is 16.3 Å². The molecule has 3 aliphatic rings. The number of hydrogen-bond acceptors (Lipinski definition) is 3. The standard InChI is InChI=1S/C20H26ClN3O3/c21-17-5-1-3-14-11-23(9-6-16(14)17)10-8-22-19(27)24-12-15-4-2-7-20(15,13-24)18(25)26/h1,3,5,15H,2,4,6-13H2,(H,22,27)(H,25,26)/t15-,20+/m0/s1. The quantitative estimate of drug-likeness (QED) is 0.827. The van der Waals surface area contributed by atoms with Crippen LogP contribution in [0.1, 0.15) is 30.4 Å². The van der Waals surface area contributed by atoms with Crippen molar-refractivity contribution in [3.8, 4) is 0 Å². The third-order valence-corrected chi connectivity index (χ3v) is 6.93. The average Bonchev–Trinajstić information content (AvgIpc) is 3.20. The number of carboxylic acid groups (broad SMARTS) is 1. The number of carbonyl (C=O) groups excluding carboxylic acids is 1. The van der Waals surface area contributed by atoms with Crippen molar-refractivity contribution >= 4 is 23.6 Å². The number of nitrogens with one attached hydrogen (secondary N) is 1. The van der Waals surface area contributed by atoms with Crippen molar-refractivity contribution in [1.82, 2.24) is 15.1 Å². The van der Waals surface area contributed by atoms with Gasteiger partial charge in [-0.2, -0.15) is 0 Å². The first kappa shape index (κ1) is 18.6. The molecular formula is C20H26ClN3O3. The summed E-state index contributed by atoms with van der Waals surface area (Å²) >= 11 is 6.26. The van der Waals surface area contributed by atoms with Gasteiger partial charge in [-0.15, -0.1) is 0 Å². The highest BCUT2D eigenvalue weighted by molar-refractivity contribution is 6.31. The number of carboxylic acids is 1. The van der Waals surface area contributed by atoms with E-state index in [1.807, 2.05) is 12.1 Å². The van der Waals surface area contributed by atoms with E-state index in [0.717, 1.165) is 43.9 Å². The van der Waals surface area contributed by atoms with Crippen molar-refractivity contribution in [2.75, 3.05) is 32.7 Å². The van der Waals surface area contributed by atoms with Crippen LogP contribution in [-0.4, -0.2) is 59.6 Å². The molecule has 2 amide bonds. The molecule has 2 fully saturated rings. The Bertz CT molecular complexity index is 756. The van der Waals surface area contributed by atoms with Gasteiger partial charge in [0.15, 0.2) is 0 Å². The maximum atomic E-state index is 12.5. The summed E-state index contributed by atoms with van der Waals surface area (Å²) in [4.78, 5) is 28.3. The number of hydrogen-bond donors (Lipinski definition) is 2. The number of aliphatic carboxylic acids is 1. The predicted molar refractivity (Wildman–Crippen MR) is 103 cm³/mol. The van der Waals surface area contributed by atoms with Crippen molar-refractivity contribution in [3.05, 3.63) is 34.3 Å². The molecule has 1 saturated carbocycles. The van der Waals surface area contributed by atoms with Crippen LogP contribution in [0, 0.1) is 11.3 Å². The molecule has 1 aromatic rings. The zero-order chi connectivity index (χ0) is 19.0. The molecular weight excluding hydrogens is 366 g/mol. The Morgan fingerprint density at radius 2 is 2.22 bits per heavy atom. The molecule has 2 heterocycles. The Morgan fingerprint density at radius 1 is 1.37 bits per heavy atom. The van der Waals surface area contributed by atoms with Crippen LogP contribution in [-0.2, 0) is 17.8 Å². The molecule has 6 nitrogen and oxygen atoms in total. The van der Waals surface area contributed by atoms with Crippen LogP contribution in [0.5, 0.6) is 0 Å². The van der Waals surface area contributed by atoms with Crippen molar-refractivity contribution in [1.29, 1.82) is 0 Å². The molecule has 1 aromatic carbocycles. The topological polar surface area (TPSA) is 72.9 Å². The second-order valence-corrected chi connectivity index (χ2v) is 8.47. The van der Waals surface area contributed by atoms with E-state index in [0.29, 0.717) is 26.1 Å². The lowest BCUT2D eigenvalue weighted by Crippen LogP contribution is -2.44.